The molecule has 2 aliphatic heterocycles. The van der Waals surface area contributed by atoms with Crippen LogP contribution in [0.4, 0.5) is 5.69 Å². The molecule has 2 aliphatic rings. The van der Waals surface area contributed by atoms with Crippen LogP contribution in [0.2, 0.25) is 0 Å². The SMILES string of the molecule is CCc1ccc(C2CCCCCN2C(=O)CCC2Cc3ccccc3NC2=O)o1. The Labute approximate surface area is 172 Å². The summed E-state index contributed by atoms with van der Waals surface area (Å²) in [5.41, 5.74) is 2.05. The summed E-state index contributed by atoms with van der Waals surface area (Å²) in [5, 5.41) is 2.99. The number of nitrogens with zero attached hydrogens (tertiary/aromatic N) is 1. The summed E-state index contributed by atoms with van der Waals surface area (Å²) in [7, 11) is 0. The lowest BCUT2D eigenvalue weighted by atomic mass is 9.89. The van der Waals surface area contributed by atoms with E-state index in [0.29, 0.717) is 19.3 Å². The van der Waals surface area contributed by atoms with Gasteiger partial charge in [0.1, 0.15) is 11.5 Å². The van der Waals surface area contributed by atoms with Gasteiger partial charge in [0.25, 0.3) is 0 Å². The molecular weight excluding hydrogens is 364 g/mol. The van der Waals surface area contributed by atoms with Gasteiger partial charge in [-0.25, -0.2) is 0 Å². The second kappa shape index (κ2) is 8.85. The van der Waals surface area contributed by atoms with Gasteiger partial charge in [-0.1, -0.05) is 38.0 Å². The van der Waals surface area contributed by atoms with E-state index in [-0.39, 0.29) is 23.8 Å². The Bertz CT molecular complexity index is 873. The summed E-state index contributed by atoms with van der Waals surface area (Å²) in [6.45, 7) is 2.84. The van der Waals surface area contributed by atoms with Gasteiger partial charge in [0.2, 0.25) is 11.8 Å². The Morgan fingerprint density at radius 3 is 2.86 bits per heavy atom. The molecule has 0 saturated carbocycles. The molecule has 2 amide bonds. The molecule has 0 aliphatic carbocycles. The summed E-state index contributed by atoms with van der Waals surface area (Å²) in [6, 6.07) is 12.0. The van der Waals surface area contributed by atoms with Gasteiger partial charge < -0.3 is 14.6 Å². The Morgan fingerprint density at radius 1 is 1.17 bits per heavy atom. The third-order valence-electron chi connectivity index (χ3n) is 6.25. The zero-order valence-corrected chi connectivity index (χ0v) is 17.2. The molecule has 1 aromatic heterocycles. The number of amides is 2. The fourth-order valence-corrected chi connectivity index (χ4v) is 4.55. The molecule has 0 bridgehead atoms. The maximum Gasteiger partial charge on any atom is 0.227 e. The fraction of sp³-hybridized carbons (Fsp3) is 0.500. The van der Waals surface area contributed by atoms with Gasteiger partial charge in [-0.15, -0.1) is 0 Å². The van der Waals surface area contributed by atoms with E-state index in [2.05, 4.69) is 18.3 Å². The van der Waals surface area contributed by atoms with Gasteiger partial charge in [-0.05, 0) is 49.4 Å². The molecule has 1 saturated heterocycles. The fourth-order valence-electron chi connectivity index (χ4n) is 4.55. The molecule has 5 nitrogen and oxygen atoms in total. The molecular formula is C24H30N2O3. The molecule has 4 rings (SSSR count). The maximum atomic E-state index is 13.2. The van der Waals surface area contributed by atoms with Crippen LogP contribution in [0.25, 0.3) is 0 Å². The topological polar surface area (TPSA) is 62.6 Å². The minimum atomic E-state index is -0.144. The number of furan rings is 1. The number of nitrogens with one attached hydrogen (secondary N) is 1. The zero-order valence-electron chi connectivity index (χ0n) is 17.2. The summed E-state index contributed by atoms with van der Waals surface area (Å²) in [5.74, 6) is 1.89. The lowest BCUT2D eigenvalue weighted by Gasteiger charge is -2.30. The lowest BCUT2D eigenvalue weighted by Crippen LogP contribution is -2.36. The number of hydrogen-bond donors (Lipinski definition) is 1. The first-order valence-electron chi connectivity index (χ1n) is 10.9. The third-order valence-corrected chi connectivity index (χ3v) is 6.25. The maximum absolute atomic E-state index is 13.2. The average molecular weight is 395 g/mol. The van der Waals surface area contributed by atoms with Crippen LogP contribution in [0, 0.1) is 5.92 Å². The van der Waals surface area contributed by atoms with E-state index in [1.807, 2.05) is 35.2 Å². The van der Waals surface area contributed by atoms with Crippen molar-refractivity contribution in [1.29, 1.82) is 0 Å². The van der Waals surface area contributed by atoms with Crippen molar-refractivity contribution in [2.75, 3.05) is 11.9 Å². The molecule has 5 heteroatoms. The van der Waals surface area contributed by atoms with Gasteiger partial charge in [0, 0.05) is 31.0 Å². The summed E-state index contributed by atoms with van der Waals surface area (Å²) >= 11 is 0. The molecule has 2 atom stereocenters. The van der Waals surface area contributed by atoms with Crippen LogP contribution in [-0.4, -0.2) is 23.3 Å². The highest BCUT2D eigenvalue weighted by atomic mass is 16.3. The van der Waals surface area contributed by atoms with Gasteiger partial charge in [-0.3, -0.25) is 9.59 Å². The number of aryl methyl sites for hydroxylation is 1. The lowest BCUT2D eigenvalue weighted by molar-refractivity contribution is -0.134. The molecule has 1 fully saturated rings. The normalized spacial score (nSPS) is 22.0. The number of rotatable bonds is 5. The molecule has 3 heterocycles. The molecule has 1 aromatic carbocycles. The van der Waals surface area contributed by atoms with Crippen LogP contribution in [0.3, 0.4) is 0 Å². The van der Waals surface area contributed by atoms with Crippen molar-refractivity contribution in [3.05, 3.63) is 53.5 Å². The number of carbonyl (C=O) groups is 2. The van der Waals surface area contributed by atoms with Gasteiger partial charge in [-0.2, -0.15) is 0 Å². The molecule has 2 unspecified atom stereocenters. The number of anilines is 1. The van der Waals surface area contributed by atoms with Crippen LogP contribution < -0.4 is 5.32 Å². The Balaban J connectivity index is 1.42. The number of benzene rings is 1. The predicted molar refractivity (Wildman–Crippen MR) is 113 cm³/mol. The standard InChI is InChI=1S/C24H30N2O3/c1-2-19-12-13-22(29-19)21-10-4-3-7-15-26(21)23(27)14-11-18-16-17-8-5-6-9-20(17)25-24(18)28/h5-6,8-9,12-13,18,21H,2-4,7,10-11,14-16H2,1H3,(H,25,28). The van der Waals surface area contributed by atoms with E-state index >= 15 is 0 Å². The quantitative estimate of drug-likeness (QED) is 0.786. The summed E-state index contributed by atoms with van der Waals surface area (Å²) in [6.07, 6.45) is 6.77. The van der Waals surface area contributed by atoms with E-state index in [0.717, 1.165) is 61.4 Å². The highest BCUT2D eigenvalue weighted by Gasteiger charge is 2.31. The van der Waals surface area contributed by atoms with E-state index in [1.165, 1.54) is 0 Å². The summed E-state index contributed by atoms with van der Waals surface area (Å²) < 4.78 is 6.00. The second-order valence-corrected chi connectivity index (χ2v) is 8.20. The highest BCUT2D eigenvalue weighted by molar-refractivity contribution is 5.96. The Morgan fingerprint density at radius 2 is 2.03 bits per heavy atom. The second-order valence-electron chi connectivity index (χ2n) is 8.20. The van der Waals surface area contributed by atoms with Crippen molar-refractivity contribution in [3.8, 4) is 0 Å². The van der Waals surface area contributed by atoms with Gasteiger partial charge in [0.15, 0.2) is 0 Å². The van der Waals surface area contributed by atoms with E-state index in [4.69, 9.17) is 4.42 Å². The first-order valence-corrected chi connectivity index (χ1v) is 10.9. The number of carbonyl (C=O) groups excluding carboxylic acids is 2. The Kier molecular flexibility index (Phi) is 6.02. The van der Waals surface area contributed by atoms with Crippen LogP contribution in [0.15, 0.2) is 40.8 Å². The monoisotopic (exact) mass is 394 g/mol. The largest absolute Gasteiger partial charge is 0.464 e. The van der Waals surface area contributed by atoms with Crippen LogP contribution >= 0.6 is 0 Å². The van der Waals surface area contributed by atoms with E-state index < -0.39 is 0 Å². The molecule has 29 heavy (non-hydrogen) atoms. The first kappa shape index (κ1) is 19.7. The molecule has 0 radical (unpaired) electrons. The number of hydrogen-bond acceptors (Lipinski definition) is 3. The van der Waals surface area contributed by atoms with Crippen LogP contribution in [0.5, 0.6) is 0 Å². The first-order chi connectivity index (χ1) is 14.2. The molecule has 154 valence electrons. The highest BCUT2D eigenvalue weighted by Crippen LogP contribution is 2.33. The van der Waals surface area contributed by atoms with E-state index in [9.17, 15) is 9.59 Å². The van der Waals surface area contributed by atoms with Crippen molar-refractivity contribution in [1.82, 2.24) is 4.90 Å². The average Bonchev–Trinajstić information content (AvgIpc) is 3.08. The number of fused-ring (bicyclic) bond motifs is 1. The van der Waals surface area contributed by atoms with Crippen molar-refractivity contribution in [3.63, 3.8) is 0 Å². The molecule has 1 N–H and O–H groups in total. The van der Waals surface area contributed by atoms with Crippen LogP contribution in [0.1, 0.15) is 68.6 Å². The van der Waals surface area contributed by atoms with E-state index in [1.54, 1.807) is 0 Å². The predicted octanol–water partition coefficient (Wildman–Crippen LogP) is 4.88. The van der Waals surface area contributed by atoms with Crippen molar-refractivity contribution in [2.24, 2.45) is 5.92 Å². The minimum Gasteiger partial charge on any atom is -0.464 e. The van der Waals surface area contributed by atoms with Crippen molar-refractivity contribution in [2.45, 2.75) is 64.3 Å². The number of likely N-dealkylation sites (tertiary alicyclic amines) is 1. The Hall–Kier alpha value is -2.56. The van der Waals surface area contributed by atoms with Crippen LogP contribution in [-0.2, 0) is 22.4 Å². The minimum absolute atomic E-state index is 0.0196. The molecule has 2 aromatic rings. The van der Waals surface area contributed by atoms with Crippen molar-refractivity contribution < 1.29 is 14.0 Å². The number of para-hydroxylation sites is 1. The third kappa shape index (κ3) is 4.39. The van der Waals surface area contributed by atoms with Gasteiger partial charge >= 0.3 is 0 Å². The van der Waals surface area contributed by atoms with Gasteiger partial charge in [0.05, 0.1) is 6.04 Å². The van der Waals surface area contributed by atoms with Crippen molar-refractivity contribution >= 4 is 17.5 Å². The smallest absolute Gasteiger partial charge is 0.227 e. The zero-order chi connectivity index (χ0) is 20.2. The molecule has 0 spiro atoms. The summed E-state index contributed by atoms with van der Waals surface area (Å²) in [4.78, 5) is 27.6.